The first-order valence-electron chi connectivity index (χ1n) is 10.5. The van der Waals surface area contributed by atoms with Crippen LogP contribution in [0.1, 0.15) is 5.56 Å². The van der Waals surface area contributed by atoms with Gasteiger partial charge in [0, 0.05) is 49.4 Å². The number of piperazine rings is 1. The third-order valence-electron chi connectivity index (χ3n) is 6.04. The first-order chi connectivity index (χ1) is 15.6. The summed E-state index contributed by atoms with van der Waals surface area (Å²) >= 11 is 0. The maximum Gasteiger partial charge on any atom is 0.246 e. The van der Waals surface area contributed by atoms with Crippen LogP contribution in [0.3, 0.4) is 0 Å². The largest absolute Gasteiger partial charge is 0.481 e. The number of hydrogen-bond acceptors (Lipinski definition) is 6. The summed E-state index contributed by atoms with van der Waals surface area (Å²) in [6.07, 6.45) is 5.11. The minimum Gasteiger partial charge on any atom is -0.481 e. The van der Waals surface area contributed by atoms with Crippen molar-refractivity contribution in [1.29, 1.82) is 0 Å². The lowest BCUT2D eigenvalue weighted by Gasteiger charge is -2.36. The van der Waals surface area contributed by atoms with Crippen LogP contribution in [0.25, 0.3) is 33.1 Å². The highest BCUT2D eigenvalue weighted by Crippen LogP contribution is 2.35. The molecule has 5 rings (SSSR count). The molecule has 162 valence electrons. The van der Waals surface area contributed by atoms with E-state index in [9.17, 15) is 4.79 Å². The summed E-state index contributed by atoms with van der Waals surface area (Å²) in [7, 11) is 1.62. The molecule has 1 amide bonds. The van der Waals surface area contributed by atoms with Crippen LogP contribution in [-0.2, 0) is 4.79 Å². The maximum atomic E-state index is 11.9. The monoisotopic (exact) mass is 428 g/mol. The molecule has 1 fully saturated rings. The molecule has 1 aliphatic rings. The van der Waals surface area contributed by atoms with Crippen molar-refractivity contribution in [2.45, 2.75) is 6.92 Å². The van der Waals surface area contributed by atoms with Gasteiger partial charge in [-0.05, 0) is 36.3 Å². The molecular weight excluding hydrogens is 404 g/mol. The molecule has 1 aromatic carbocycles. The van der Waals surface area contributed by atoms with E-state index in [1.165, 1.54) is 6.08 Å². The second kappa shape index (κ2) is 7.96. The molecule has 3 aromatic heterocycles. The second-order valence-corrected chi connectivity index (χ2v) is 7.88. The van der Waals surface area contributed by atoms with Crippen LogP contribution in [0.2, 0.25) is 0 Å². The topological polar surface area (TPSA) is 87.2 Å². The van der Waals surface area contributed by atoms with Gasteiger partial charge in [0.2, 0.25) is 11.8 Å². The number of carbonyl (C=O) groups excluding carboxylic acids is 1. The first-order valence-corrected chi connectivity index (χ1v) is 10.5. The number of aromatic nitrogens is 4. The van der Waals surface area contributed by atoms with Crippen LogP contribution in [0.15, 0.2) is 49.3 Å². The minimum absolute atomic E-state index is 0.0339. The number of pyridine rings is 2. The average molecular weight is 428 g/mol. The zero-order valence-corrected chi connectivity index (χ0v) is 18.1. The Morgan fingerprint density at radius 2 is 2.00 bits per heavy atom. The molecule has 1 N–H and O–H groups in total. The lowest BCUT2D eigenvalue weighted by atomic mass is 9.98. The van der Waals surface area contributed by atoms with Gasteiger partial charge in [-0.25, -0.2) is 4.98 Å². The fourth-order valence-electron chi connectivity index (χ4n) is 4.36. The molecule has 1 saturated heterocycles. The molecule has 0 saturated carbocycles. The Labute approximate surface area is 185 Å². The van der Waals surface area contributed by atoms with Crippen LogP contribution in [0, 0.1) is 6.92 Å². The number of fused-ring (bicyclic) bond motifs is 2. The van der Waals surface area contributed by atoms with Crippen LogP contribution in [0.5, 0.6) is 5.88 Å². The van der Waals surface area contributed by atoms with Crippen molar-refractivity contribution < 1.29 is 9.53 Å². The fraction of sp³-hybridized carbons (Fsp3) is 0.250. The quantitative estimate of drug-likeness (QED) is 0.502. The Morgan fingerprint density at radius 3 is 2.75 bits per heavy atom. The number of aromatic amines is 1. The number of aryl methyl sites for hydroxylation is 1. The summed E-state index contributed by atoms with van der Waals surface area (Å²) in [4.78, 5) is 25.5. The van der Waals surface area contributed by atoms with Crippen LogP contribution < -0.4 is 9.64 Å². The zero-order chi connectivity index (χ0) is 22.2. The van der Waals surface area contributed by atoms with Gasteiger partial charge in [-0.1, -0.05) is 12.6 Å². The summed E-state index contributed by atoms with van der Waals surface area (Å²) in [5, 5.41) is 8.28. The van der Waals surface area contributed by atoms with Gasteiger partial charge in [0.05, 0.1) is 30.0 Å². The summed E-state index contributed by atoms with van der Waals surface area (Å²) in [6, 6.07) is 8.09. The number of carbonyl (C=O) groups is 1. The number of amides is 1. The Hall–Kier alpha value is -3.94. The Morgan fingerprint density at radius 1 is 1.19 bits per heavy atom. The Balaban J connectivity index is 1.58. The highest BCUT2D eigenvalue weighted by Gasteiger charge is 2.23. The van der Waals surface area contributed by atoms with Gasteiger partial charge in [0.1, 0.15) is 5.52 Å². The van der Waals surface area contributed by atoms with Crippen LogP contribution in [0.4, 0.5) is 5.69 Å². The standard InChI is InChI=1S/C24H24N6O2/c1-4-22(31)30-9-7-29(8-10-30)20-12-21(32-3)27-19-11-16(13-25-24(19)20)23-15(2)5-6-18-17(23)14-26-28-18/h4-6,11-14H,1,7-10H2,2-3H3,(H,26,28). The average Bonchev–Trinajstić information content (AvgIpc) is 3.31. The third kappa shape index (κ3) is 3.33. The summed E-state index contributed by atoms with van der Waals surface area (Å²) in [5.74, 6) is 0.502. The molecule has 4 aromatic rings. The van der Waals surface area contributed by atoms with E-state index in [0.717, 1.165) is 44.3 Å². The maximum absolute atomic E-state index is 11.9. The second-order valence-electron chi connectivity index (χ2n) is 7.88. The number of anilines is 1. The summed E-state index contributed by atoms with van der Waals surface area (Å²) in [5.41, 5.74) is 6.74. The molecule has 32 heavy (non-hydrogen) atoms. The van der Waals surface area contributed by atoms with E-state index >= 15 is 0 Å². The first kappa shape index (κ1) is 20.0. The summed E-state index contributed by atoms with van der Waals surface area (Å²) < 4.78 is 5.50. The highest BCUT2D eigenvalue weighted by molar-refractivity contribution is 5.99. The van der Waals surface area contributed by atoms with Crippen LogP contribution in [-0.4, -0.2) is 64.3 Å². The summed E-state index contributed by atoms with van der Waals surface area (Å²) in [6.45, 7) is 8.36. The van der Waals surface area contributed by atoms with E-state index < -0.39 is 0 Å². The molecule has 0 spiro atoms. The van der Waals surface area contributed by atoms with E-state index in [1.807, 2.05) is 29.4 Å². The van der Waals surface area contributed by atoms with E-state index in [4.69, 9.17) is 9.72 Å². The molecule has 0 aliphatic carbocycles. The lowest BCUT2D eigenvalue weighted by molar-refractivity contribution is -0.126. The van der Waals surface area contributed by atoms with Crippen molar-refractivity contribution in [1.82, 2.24) is 25.1 Å². The van der Waals surface area contributed by atoms with Crippen molar-refractivity contribution >= 4 is 33.5 Å². The van der Waals surface area contributed by atoms with Crippen molar-refractivity contribution in [2.75, 3.05) is 38.2 Å². The number of hydrogen-bond donors (Lipinski definition) is 1. The number of nitrogens with one attached hydrogen (secondary N) is 1. The minimum atomic E-state index is -0.0339. The Kier molecular flexibility index (Phi) is 4.97. The van der Waals surface area contributed by atoms with E-state index in [2.05, 4.69) is 45.7 Å². The lowest BCUT2D eigenvalue weighted by Crippen LogP contribution is -2.48. The number of rotatable bonds is 4. The number of nitrogens with zero attached hydrogens (tertiary/aromatic N) is 5. The van der Waals surface area contributed by atoms with Crippen LogP contribution >= 0.6 is 0 Å². The third-order valence-corrected chi connectivity index (χ3v) is 6.04. The van der Waals surface area contributed by atoms with Gasteiger partial charge in [0.15, 0.2) is 0 Å². The molecule has 8 nitrogen and oxygen atoms in total. The molecule has 8 heteroatoms. The number of benzene rings is 1. The Bertz CT molecular complexity index is 1340. The van der Waals surface area contributed by atoms with Gasteiger partial charge in [0.25, 0.3) is 0 Å². The molecule has 0 unspecified atom stereocenters. The molecule has 0 radical (unpaired) electrons. The van der Waals surface area contributed by atoms with Gasteiger partial charge >= 0.3 is 0 Å². The SMILES string of the molecule is C=CC(=O)N1CCN(c2cc(OC)nc3cc(-c4c(C)ccc5[nH]ncc45)cnc23)CC1. The van der Waals surface area contributed by atoms with Crippen molar-refractivity contribution in [3.63, 3.8) is 0 Å². The molecule has 1 aliphatic heterocycles. The van der Waals surface area contributed by atoms with E-state index in [-0.39, 0.29) is 5.91 Å². The smallest absolute Gasteiger partial charge is 0.246 e. The number of ether oxygens (including phenoxy) is 1. The molecule has 0 bridgehead atoms. The molecular formula is C24H24N6O2. The van der Waals surface area contributed by atoms with E-state index in [0.29, 0.717) is 32.1 Å². The van der Waals surface area contributed by atoms with Crippen molar-refractivity contribution in [3.8, 4) is 17.0 Å². The zero-order valence-electron chi connectivity index (χ0n) is 18.1. The van der Waals surface area contributed by atoms with Crippen molar-refractivity contribution in [3.05, 3.63) is 54.9 Å². The molecule has 0 atom stereocenters. The van der Waals surface area contributed by atoms with E-state index in [1.54, 1.807) is 7.11 Å². The van der Waals surface area contributed by atoms with Gasteiger partial charge in [-0.15, -0.1) is 0 Å². The number of methoxy groups -OCH3 is 1. The normalized spacial score (nSPS) is 14.2. The van der Waals surface area contributed by atoms with Gasteiger partial charge in [-0.2, -0.15) is 5.10 Å². The highest BCUT2D eigenvalue weighted by atomic mass is 16.5. The van der Waals surface area contributed by atoms with Gasteiger partial charge < -0.3 is 14.5 Å². The fourth-order valence-corrected chi connectivity index (χ4v) is 4.36. The van der Waals surface area contributed by atoms with Gasteiger partial charge in [-0.3, -0.25) is 14.9 Å². The predicted octanol–water partition coefficient (Wildman–Crippen LogP) is 3.32. The number of H-pyrrole nitrogens is 1. The van der Waals surface area contributed by atoms with Crippen molar-refractivity contribution in [2.24, 2.45) is 0 Å². The predicted molar refractivity (Wildman–Crippen MR) is 125 cm³/mol. The molecule has 4 heterocycles.